The molecular weight excluding hydrogens is 518 g/mol. The first-order valence-corrected chi connectivity index (χ1v) is 11.4. The number of nitrogens with zero attached hydrogens (tertiary/aromatic N) is 6. The van der Waals surface area contributed by atoms with Gasteiger partial charge in [-0.3, -0.25) is 0 Å². The Bertz CT molecular complexity index is 916. The summed E-state index contributed by atoms with van der Waals surface area (Å²) in [7, 11) is 1.63. The van der Waals surface area contributed by atoms with Gasteiger partial charge in [0, 0.05) is 36.2 Å². The molecule has 0 saturated carbocycles. The number of methoxy groups -OCH3 is 1. The summed E-state index contributed by atoms with van der Waals surface area (Å²) in [6.45, 7) is 4.77. The molecule has 2 aliphatic heterocycles. The van der Waals surface area contributed by atoms with Crippen molar-refractivity contribution in [1.82, 2.24) is 15.0 Å². The van der Waals surface area contributed by atoms with Crippen molar-refractivity contribution in [3.8, 4) is 5.75 Å². The largest absolute Gasteiger partial charge is 0.495 e. The SMILES string of the molecule is COc1c(Br)cc(Br)cc1/C=N\Nc1nc(N2CCCC2)nc(N2CCOCC2)n1. The summed E-state index contributed by atoms with van der Waals surface area (Å²) >= 11 is 7.00. The fraction of sp³-hybridized carbons (Fsp3) is 0.474. The van der Waals surface area contributed by atoms with Crippen molar-refractivity contribution in [2.24, 2.45) is 5.10 Å². The van der Waals surface area contributed by atoms with Crippen LogP contribution in [0.2, 0.25) is 0 Å². The molecule has 0 bridgehead atoms. The summed E-state index contributed by atoms with van der Waals surface area (Å²) in [6, 6.07) is 3.85. The molecule has 30 heavy (non-hydrogen) atoms. The summed E-state index contributed by atoms with van der Waals surface area (Å²) in [5.74, 6) is 2.45. The number of ether oxygens (including phenoxy) is 2. The van der Waals surface area contributed by atoms with Crippen molar-refractivity contribution in [3.63, 3.8) is 0 Å². The molecule has 11 heteroatoms. The molecule has 4 rings (SSSR count). The molecule has 3 heterocycles. The average molecular weight is 541 g/mol. The van der Waals surface area contributed by atoms with Crippen LogP contribution < -0.4 is 20.0 Å². The zero-order valence-corrected chi connectivity index (χ0v) is 19.8. The molecule has 0 radical (unpaired) electrons. The lowest BCUT2D eigenvalue weighted by atomic mass is 10.2. The van der Waals surface area contributed by atoms with Crippen LogP contribution in [0.15, 0.2) is 26.2 Å². The van der Waals surface area contributed by atoms with Crippen molar-refractivity contribution >= 4 is 55.9 Å². The van der Waals surface area contributed by atoms with Crippen molar-refractivity contribution in [2.75, 3.05) is 61.7 Å². The normalized spacial score (nSPS) is 17.0. The molecule has 160 valence electrons. The third-order valence-electron chi connectivity index (χ3n) is 4.90. The van der Waals surface area contributed by atoms with E-state index < -0.39 is 0 Å². The Labute approximate surface area is 192 Å². The molecule has 1 aromatic heterocycles. The number of nitrogens with one attached hydrogen (secondary N) is 1. The Balaban J connectivity index is 1.58. The summed E-state index contributed by atoms with van der Waals surface area (Å²) < 4.78 is 12.7. The Hall–Kier alpha value is -1.98. The molecule has 2 aliphatic rings. The summed E-state index contributed by atoms with van der Waals surface area (Å²) in [5.41, 5.74) is 3.78. The van der Waals surface area contributed by atoms with Gasteiger partial charge in [0.2, 0.25) is 17.8 Å². The lowest BCUT2D eigenvalue weighted by Crippen LogP contribution is -2.38. The molecular formula is C19H23Br2N7O2. The smallest absolute Gasteiger partial charge is 0.250 e. The lowest BCUT2D eigenvalue weighted by molar-refractivity contribution is 0.122. The lowest BCUT2D eigenvalue weighted by Gasteiger charge is -2.27. The van der Waals surface area contributed by atoms with Gasteiger partial charge in [-0.1, -0.05) is 15.9 Å². The molecule has 1 aromatic carbocycles. The van der Waals surface area contributed by atoms with Gasteiger partial charge in [-0.25, -0.2) is 5.43 Å². The summed E-state index contributed by atoms with van der Waals surface area (Å²) in [4.78, 5) is 18.2. The topological polar surface area (TPSA) is 88.0 Å². The third-order valence-corrected chi connectivity index (χ3v) is 5.95. The van der Waals surface area contributed by atoms with E-state index in [0.29, 0.717) is 36.8 Å². The van der Waals surface area contributed by atoms with E-state index in [4.69, 9.17) is 14.5 Å². The number of aromatic nitrogens is 3. The number of halogens is 2. The first-order valence-electron chi connectivity index (χ1n) is 9.80. The molecule has 2 saturated heterocycles. The number of rotatable bonds is 6. The zero-order chi connectivity index (χ0) is 20.9. The van der Waals surface area contributed by atoms with Crippen LogP contribution in [-0.2, 0) is 4.74 Å². The molecule has 1 N–H and O–H groups in total. The second kappa shape index (κ2) is 9.88. The minimum Gasteiger partial charge on any atom is -0.495 e. The van der Waals surface area contributed by atoms with Crippen LogP contribution in [-0.4, -0.2) is 67.7 Å². The van der Waals surface area contributed by atoms with Crippen molar-refractivity contribution < 1.29 is 9.47 Å². The van der Waals surface area contributed by atoms with E-state index in [1.54, 1.807) is 13.3 Å². The summed E-state index contributed by atoms with van der Waals surface area (Å²) in [6.07, 6.45) is 3.98. The predicted octanol–water partition coefficient (Wildman–Crippen LogP) is 3.29. The van der Waals surface area contributed by atoms with Gasteiger partial charge in [0.25, 0.3) is 0 Å². The van der Waals surface area contributed by atoms with Gasteiger partial charge in [-0.2, -0.15) is 20.1 Å². The number of benzene rings is 1. The van der Waals surface area contributed by atoms with E-state index in [9.17, 15) is 0 Å². The fourth-order valence-corrected chi connectivity index (χ4v) is 4.84. The number of anilines is 3. The van der Waals surface area contributed by atoms with Crippen LogP contribution >= 0.6 is 31.9 Å². The molecule has 2 aromatic rings. The molecule has 0 amide bonds. The second-order valence-electron chi connectivity index (χ2n) is 6.93. The highest BCUT2D eigenvalue weighted by Gasteiger charge is 2.21. The molecule has 2 fully saturated rings. The fourth-order valence-electron chi connectivity index (χ4n) is 3.42. The maximum atomic E-state index is 5.47. The van der Waals surface area contributed by atoms with Crippen molar-refractivity contribution in [2.45, 2.75) is 12.8 Å². The Morgan fingerprint density at radius 3 is 2.37 bits per heavy atom. The van der Waals surface area contributed by atoms with Crippen LogP contribution in [0.4, 0.5) is 17.8 Å². The molecule has 0 spiro atoms. The van der Waals surface area contributed by atoms with Gasteiger partial charge < -0.3 is 19.3 Å². The van der Waals surface area contributed by atoms with Crippen LogP contribution in [0.3, 0.4) is 0 Å². The van der Waals surface area contributed by atoms with E-state index in [1.807, 2.05) is 12.1 Å². The van der Waals surface area contributed by atoms with Gasteiger partial charge in [-0.05, 0) is 40.9 Å². The van der Waals surface area contributed by atoms with Crippen LogP contribution in [0, 0.1) is 0 Å². The zero-order valence-electron chi connectivity index (χ0n) is 16.6. The standard InChI is InChI=1S/C19H23Br2N7O2/c1-29-16-13(10-14(20)11-15(16)21)12-22-26-17-23-18(27-4-2-3-5-27)25-19(24-17)28-6-8-30-9-7-28/h10-12H,2-9H2,1H3,(H,23,24,25,26)/b22-12-. The highest BCUT2D eigenvalue weighted by molar-refractivity contribution is 9.11. The van der Waals surface area contributed by atoms with Gasteiger partial charge in [0.1, 0.15) is 5.75 Å². The maximum absolute atomic E-state index is 5.47. The molecule has 0 aliphatic carbocycles. The van der Waals surface area contributed by atoms with Gasteiger partial charge in [-0.15, -0.1) is 0 Å². The maximum Gasteiger partial charge on any atom is 0.250 e. The highest BCUT2D eigenvalue weighted by atomic mass is 79.9. The van der Waals surface area contributed by atoms with E-state index in [2.05, 4.69) is 62.2 Å². The van der Waals surface area contributed by atoms with E-state index in [0.717, 1.165) is 53.5 Å². The second-order valence-corrected chi connectivity index (χ2v) is 8.70. The van der Waals surface area contributed by atoms with E-state index >= 15 is 0 Å². The van der Waals surface area contributed by atoms with Crippen molar-refractivity contribution in [3.05, 3.63) is 26.6 Å². The van der Waals surface area contributed by atoms with E-state index in [-0.39, 0.29) is 0 Å². The predicted molar refractivity (Wildman–Crippen MR) is 124 cm³/mol. The Kier molecular flexibility index (Phi) is 7.00. The van der Waals surface area contributed by atoms with Gasteiger partial charge in [0.05, 0.1) is 31.0 Å². The number of morpholine rings is 1. The van der Waals surface area contributed by atoms with Crippen LogP contribution in [0.25, 0.3) is 0 Å². The third kappa shape index (κ3) is 5.01. The summed E-state index contributed by atoms with van der Waals surface area (Å²) in [5, 5.41) is 4.35. The quantitative estimate of drug-likeness (QED) is 0.441. The van der Waals surface area contributed by atoms with Crippen LogP contribution in [0.1, 0.15) is 18.4 Å². The first-order chi connectivity index (χ1) is 14.6. The number of hydrogen-bond donors (Lipinski definition) is 1. The highest BCUT2D eigenvalue weighted by Crippen LogP contribution is 2.31. The van der Waals surface area contributed by atoms with Gasteiger partial charge >= 0.3 is 0 Å². The monoisotopic (exact) mass is 539 g/mol. The number of hydrogen-bond acceptors (Lipinski definition) is 9. The van der Waals surface area contributed by atoms with Crippen molar-refractivity contribution in [1.29, 1.82) is 0 Å². The molecule has 9 nitrogen and oxygen atoms in total. The van der Waals surface area contributed by atoms with Crippen LogP contribution in [0.5, 0.6) is 5.75 Å². The minimum atomic E-state index is 0.415. The van der Waals surface area contributed by atoms with Gasteiger partial charge in [0.15, 0.2) is 0 Å². The van der Waals surface area contributed by atoms with E-state index in [1.165, 1.54) is 0 Å². The molecule has 0 atom stereocenters. The number of hydrazone groups is 1. The Morgan fingerprint density at radius 1 is 1.03 bits per heavy atom. The average Bonchev–Trinajstić information content (AvgIpc) is 3.29. The molecule has 0 unspecified atom stereocenters. The first kappa shape index (κ1) is 21.3. The minimum absolute atomic E-state index is 0.415. The Morgan fingerprint density at radius 2 is 1.70 bits per heavy atom.